The predicted octanol–water partition coefficient (Wildman–Crippen LogP) is 3.98. The molecule has 2 aromatic rings. The lowest BCUT2D eigenvalue weighted by molar-refractivity contribution is -0.113. The third-order valence-corrected chi connectivity index (χ3v) is 7.01. The Labute approximate surface area is 200 Å². The molecule has 0 atom stereocenters. The van der Waals surface area contributed by atoms with Crippen molar-refractivity contribution in [3.05, 3.63) is 46.0 Å². The van der Waals surface area contributed by atoms with Crippen LogP contribution >= 0.6 is 11.8 Å². The number of ether oxygens (including phenoxy) is 1. The van der Waals surface area contributed by atoms with Crippen LogP contribution in [0.15, 0.2) is 34.1 Å². The molecule has 0 fully saturated rings. The molecule has 33 heavy (non-hydrogen) atoms. The lowest BCUT2D eigenvalue weighted by Crippen LogP contribution is -2.32. The van der Waals surface area contributed by atoms with E-state index in [0.717, 1.165) is 79.5 Å². The number of hydrogen-bond acceptors (Lipinski definition) is 6. The maximum absolute atomic E-state index is 12.9. The molecule has 1 aliphatic rings. The normalized spacial score (nSPS) is 13.1. The highest BCUT2D eigenvalue weighted by Crippen LogP contribution is 2.28. The first-order valence-corrected chi connectivity index (χ1v) is 13.0. The van der Waals surface area contributed by atoms with E-state index < -0.39 is 0 Å². The molecule has 1 N–H and O–H groups in total. The van der Waals surface area contributed by atoms with Crippen LogP contribution < -0.4 is 15.7 Å². The quantitative estimate of drug-likeness (QED) is 0.372. The summed E-state index contributed by atoms with van der Waals surface area (Å²) in [5.41, 5.74) is 2.81. The van der Waals surface area contributed by atoms with Crippen molar-refractivity contribution in [2.45, 2.75) is 64.4 Å². The average Bonchev–Trinajstić information content (AvgIpc) is 2.83. The summed E-state index contributed by atoms with van der Waals surface area (Å²) in [5.74, 6) is 0.884. The number of rotatable bonds is 12. The van der Waals surface area contributed by atoms with Gasteiger partial charge < -0.3 is 15.0 Å². The number of carbonyl (C=O) groups excluding carboxylic acids is 1. The Balaban J connectivity index is 1.65. The second kappa shape index (κ2) is 12.8. The highest BCUT2D eigenvalue weighted by Gasteiger charge is 2.21. The Kier molecular flexibility index (Phi) is 9.81. The second-order valence-electron chi connectivity index (χ2n) is 8.16. The standard InChI is InChI=1S/C25H36N4O3S/c1-4-28(5-2)16-9-17-29-22-11-8-7-10-21(22)24(27-25(29)31)33-18-23(30)26-19-12-14-20(15-13-19)32-6-3/h12-15H,4-11,16-18H2,1-3H3,(H,26,30). The van der Waals surface area contributed by atoms with Gasteiger partial charge in [0, 0.05) is 23.5 Å². The monoisotopic (exact) mass is 472 g/mol. The Hall–Kier alpha value is -2.32. The minimum absolute atomic E-state index is 0.112. The van der Waals surface area contributed by atoms with Crippen LogP contribution in [0.3, 0.4) is 0 Å². The van der Waals surface area contributed by atoms with Crippen molar-refractivity contribution in [3.8, 4) is 5.75 Å². The summed E-state index contributed by atoms with van der Waals surface area (Å²) < 4.78 is 7.31. The lowest BCUT2D eigenvalue weighted by Gasteiger charge is -2.23. The van der Waals surface area contributed by atoms with Gasteiger partial charge in [0.05, 0.1) is 12.4 Å². The second-order valence-corrected chi connectivity index (χ2v) is 9.12. The van der Waals surface area contributed by atoms with Crippen LogP contribution in [0.25, 0.3) is 0 Å². The summed E-state index contributed by atoms with van der Waals surface area (Å²) in [6.45, 7) is 10.6. The number of aromatic nitrogens is 2. The molecule has 1 aliphatic carbocycles. The maximum Gasteiger partial charge on any atom is 0.348 e. The van der Waals surface area contributed by atoms with E-state index in [0.29, 0.717) is 13.2 Å². The van der Waals surface area contributed by atoms with Crippen molar-refractivity contribution in [1.82, 2.24) is 14.5 Å². The van der Waals surface area contributed by atoms with Crippen LogP contribution in [0.1, 0.15) is 51.3 Å². The van der Waals surface area contributed by atoms with Crippen molar-refractivity contribution >= 4 is 23.4 Å². The average molecular weight is 473 g/mol. The highest BCUT2D eigenvalue weighted by atomic mass is 32.2. The van der Waals surface area contributed by atoms with E-state index in [9.17, 15) is 9.59 Å². The molecule has 0 aliphatic heterocycles. The molecular formula is C25H36N4O3S. The van der Waals surface area contributed by atoms with E-state index in [4.69, 9.17) is 4.74 Å². The molecular weight excluding hydrogens is 436 g/mol. The van der Waals surface area contributed by atoms with Crippen molar-refractivity contribution < 1.29 is 9.53 Å². The van der Waals surface area contributed by atoms with Crippen molar-refractivity contribution in [2.75, 3.05) is 37.3 Å². The van der Waals surface area contributed by atoms with Crippen LogP contribution in [0.5, 0.6) is 5.75 Å². The Morgan fingerprint density at radius 2 is 1.88 bits per heavy atom. The molecule has 0 radical (unpaired) electrons. The molecule has 0 saturated carbocycles. The molecule has 0 spiro atoms. The largest absolute Gasteiger partial charge is 0.494 e. The number of amides is 1. The summed E-state index contributed by atoms with van der Waals surface area (Å²) in [6, 6.07) is 7.33. The number of benzene rings is 1. The smallest absolute Gasteiger partial charge is 0.348 e. The molecule has 7 nitrogen and oxygen atoms in total. The third kappa shape index (κ3) is 7.08. The first kappa shape index (κ1) is 25.3. The van der Waals surface area contributed by atoms with Gasteiger partial charge in [-0.2, -0.15) is 4.98 Å². The predicted molar refractivity (Wildman–Crippen MR) is 135 cm³/mol. The van der Waals surface area contributed by atoms with Crippen LogP contribution in [0.2, 0.25) is 0 Å². The summed E-state index contributed by atoms with van der Waals surface area (Å²) in [7, 11) is 0. The molecule has 1 aromatic heterocycles. The van der Waals surface area contributed by atoms with Crippen molar-refractivity contribution in [1.29, 1.82) is 0 Å². The van der Waals surface area contributed by atoms with Gasteiger partial charge in [-0.15, -0.1) is 0 Å². The van der Waals surface area contributed by atoms with E-state index in [1.165, 1.54) is 11.8 Å². The van der Waals surface area contributed by atoms with Gasteiger partial charge in [-0.1, -0.05) is 25.6 Å². The highest BCUT2D eigenvalue weighted by molar-refractivity contribution is 8.00. The topological polar surface area (TPSA) is 76.5 Å². The summed E-state index contributed by atoms with van der Waals surface area (Å²) in [4.78, 5) is 32.1. The van der Waals surface area contributed by atoms with Gasteiger partial charge in [0.15, 0.2) is 0 Å². The van der Waals surface area contributed by atoms with E-state index in [2.05, 4.69) is 29.0 Å². The summed E-state index contributed by atoms with van der Waals surface area (Å²) in [6.07, 6.45) is 4.95. The minimum atomic E-state index is -0.190. The first-order chi connectivity index (χ1) is 16.0. The molecule has 1 amide bonds. The van der Waals surface area contributed by atoms with Gasteiger partial charge in [-0.3, -0.25) is 9.36 Å². The van der Waals surface area contributed by atoms with Crippen molar-refractivity contribution in [2.24, 2.45) is 0 Å². The van der Waals surface area contributed by atoms with Gasteiger partial charge in [0.25, 0.3) is 0 Å². The van der Waals surface area contributed by atoms with Crippen LogP contribution in [-0.2, 0) is 24.2 Å². The van der Waals surface area contributed by atoms with Crippen LogP contribution in [-0.4, -0.2) is 52.4 Å². The van der Waals surface area contributed by atoms with Gasteiger partial charge in [-0.25, -0.2) is 4.79 Å². The fourth-order valence-corrected chi connectivity index (χ4v) is 5.10. The van der Waals surface area contributed by atoms with Gasteiger partial charge in [-0.05, 0) is 82.9 Å². The van der Waals surface area contributed by atoms with Crippen LogP contribution in [0, 0.1) is 0 Å². The number of fused-ring (bicyclic) bond motifs is 1. The number of thioether (sulfide) groups is 1. The van der Waals surface area contributed by atoms with E-state index in [1.54, 1.807) is 0 Å². The van der Waals surface area contributed by atoms with Gasteiger partial charge in [0.1, 0.15) is 10.8 Å². The molecule has 0 saturated heterocycles. The summed E-state index contributed by atoms with van der Waals surface area (Å²) in [5, 5.41) is 3.62. The lowest BCUT2D eigenvalue weighted by atomic mass is 9.97. The molecule has 3 rings (SSSR count). The number of nitrogens with one attached hydrogen (secondary N) is 1. The molecule has 8 heteroatoms. The first-order valence-electron chi connectivity index (χ1n) is 12.1. The fourth-order valence-electron chi connectivity index (χ4n) is 4.22. The Morgan fingerprint density at radius 1 is 1.15 bits per heavy atom. The molecule has 1 heterocycles. The number of anilines is 1. The molecule has 1 aromatic carbocycles. The number of hydrogen-bond donors (Lipinski definition) is 1. The zero-order valence-electron chi connectivity index (χ0n) is 20.1. The van der Waals surface area contributed by atoms with E-state index in [-0.39, 0.29) is 17.3 Å². The summed E-state index contributed by atoms with van der Waals surface area (Å²) >= 11 is 1.36. The molecule has 0 bridgehead atoms. The fraction of sp³-hybridized carbons (Fsp3) is 0.560. The third-order valence-electron chi connectivity index (χ3n) is 5.99. The van der Waals surface area contributed by atoms with E-state index >= 15 is 0 Å². The zero-order valence-corrected chi connectivity index (χ0v) is 20.9. The Morgan fingerprint density at radius 3 is 2.58 bits per heavy atom. The van der Waals surface area contributed by atoms with Gasteiger partial charge in [0.2, 0.25) is 5.91 Å². The van der Waals surface area contributed by atoms with Crippen molar-refractivity contribution in [3.63, 3.8) is 0 Å². The minimum Gasteiger partial charge on any atom is -0.494 e. The van der Waals surface area contributed by atoms with Gasteiger partial charge >= 0.3 is 5.69 Å². The van der Waals surface area contributed by atoms with Crippen LogP contribution in [0.4, 0.5) is 5.69 Å². The SMILES string of the molecule is CCOc1ccc(NC(=O)CSc2nc(=O)n(CCCN(CC)CC)c3c2CCCC3)cc1. The van der Waals surface area contributed by atoms with E-state index in [1.807, 2.05) is 35.8 Å². The maximum atomic E-state index is 12.9. The Bertz CT molecular complexity index is 971. The zero-order chi connectivity index (χ0) is 23.6. The number of carbonyl (C=O) groups is 1. The molecule has 0 unspecified atom stereocenters. The number of nitrogens with zero attached hydrogens (tertiary/aromatic N) is 3. The molecule has 180 valence electrons.